The zero-order valence-electron chi connectivity index (χ0n) is 16.3. The van der Waals surface area contributed by atoms with Crippen molar-refractivity contribution in [1.29, 1.82) is 0 Å². The number of methoxy groups -OCH3 is 1. The second-order valence-corrected chi connectivity index (χ2v) is 4.46. The SMILES string of the molecule is CCCCCOC(=O)OC.CCOCC.OCCOCCOCCO. The number of carbonyl (C=O) groups is 1. The molecule has 0 aromatic heterocycles. The number of aliphatic hydroxyl groups excluding tert-OH is 2. The van der Waals surface area contributed by atoms with Crippen LogP contribution in [0.25, 0.3) is 0 Å². The Morgan fingerprint density at radius 3 is 1.60 bits per heavy atom. The Hall–Kier alpha value is -0.930. The Kier molecular flexibility index (Phi) is 35.7. The van der Waals surface area contributed by atoms with Crippen molar-refractivity contribution in [2.45, 2.75) is 40.0 Å². The van der Waals surface area contributed by atoms with Gasteiger partial charge in [0.15, 0.2) is 0 Å². The molecule has 0 saturated carbocycles. The van der Waals surface area contributed by atoms with Gasteiger partial charge in [-0.25, -0.2) is 4.79 Å². The highest BCUT2D eigenvalue weighted by Gasteiger charge is 1.97. The summed E-state index contributed by atoms with van der Waals surface area (Å²) in [6.07, 6.45) is 2.56. The van der Waals surface area contributed by atoms with Gasteiger partial charge in [0.25, 0.3) is 0 Å². The fraction of sp³-hybridized carbons (Fsp3) is 0.941. The van der Waals surface area contributed by atoms with E-state index in [1.165, 1.54) is 7.11 Å². The molecular weight excluding hydrogens is 332 g/mol. The van der Waals surface area contributed by atoms with Crippen molar-refractivity contribution in [3.63, 3.8) is 0 Å². The van der Waals surface area contributed by atoms with E-state index in [-0.39, 0.29) is 13.2 Å². The van der Waals surface area contributed by atoms with E-state index in [4.69, 9.17) is 24.4 Å². The van der Waals surface area contributed by atoms with Crippen LogP contribution in [0.15, 0.2) is 0 Å². The first-order chi connectivity index (χ1) is 12.1. The molecule has 0 radical (unpaired) electrons. The maximum absolute atomic E-state index is 10.3. The molecule has 8 nitrogen and oxygen atoms in total. The summed E-state index contributed by atoms with van der Waals surface area (Å²) in [5, 5.41) is 16.5. The average molecular weight is 370 g/mol. The highest BCUT2D eigenvalue weighted by molar-refractivity contribution is 5.59. The predicted octanol–water partition coefficient (Wildman–Crippen LogP) is 2.01. The van der Waals surface area contributed by atoms with Gasteiger partial charge in [0.1, 0.15) is 0 Å². The number of hydrogen-bond acceptors (Lipinski definition) is 8. The van der Waals surface area contributed by atoms with Crippen molar-refractivity contribution in [1.82, 2.24) is 0 Å². The van der Waals surface area contributed by atoms with Crippen LogP contribution in [0.5, 0.6) is 0 Å². The molecule has 0 rings (SSSR count). The van der Waals surface area contributed by atoms with Crippen molar-refractivity contribution in [2.75, 3.05) is 66.6 Å². The molecule has 8 heteroatoms. The van der Waals surface area contributed by atoms with Crippen molar-refractivity contribution in [3.8, 4) is 0 Å². The summed E-state index contributed by atoms with van der Waals surface area (Å²) in [5.74, 6) is 0. The first-order valence-corrected chi connectivity index (χ1v) is 8.80. The zero-order chi connectivity index (χ0) is 19.6. The zero-order valence-corrected chi connectivity index (χ0v) is 16.3. The third-order valence-electron chi connectivity index (χ3n) is 2.39. The van der Waals surface area contributed by atoms with Crippen LogP contribution in [0, 0.1) is 0 Å². The maximum atomic E-state index is 10.3. The molecular formula is C17H38O8. The van der Waals surface area contributed by atoms with Crippen molar-refractivity contribution < 1.29 is 38.7 Å². The Morgan fingerprint density at radius 2 is 1.28 bits per heavy atom. The minimum absolute atomic E-state index is 0.0417. The van der Waals surface area contributed by atoms with Gasteiger partial charge in [0.2, 0.25) is 0 Å². The van der Waals surface area contributed by atoms with Gasteiger partial charge in [-0.3, -0.25) is 0 Å². The average Bonchev–Trinajstić information content (AvgIpc) is 2.63. The van der Waals surface area contributed by atoms with E-state index in [2.05, 4.69) is 16.4 Å². The molecule has 0 aromatic carbocycles. The Morgan fingerprint density at radius 1 is 0.760 bits per heavy atom. The van der Waals surface area contributed by atoms with Gasteiger partial charge in [-0.1, -0.05) is 19.8 Å². The summed E-state index contributed by atoms with van der Waals surface area (Å²) in [5.41, 5.74) is 0. The van der Waals surface area contributed by atoms with Crippen LogP contribution in [0.3, 0.4) is 0 Å². The number of aliphatic hydroxyl groups is 2. The van der Waals surface area contributed by atoms with Crippen molar-refractivity contribution in [3.05, 3.63) is 0 Å². The van der Waals surface area contributed by atoms with E-state index in [0.717, 1.165) is 32.5 Å². The lowest BCUT2D eigenvalue weighted by atomic mass is 10.3. The first kappa shape index (κ1) is 28.9. The van der Waals surface area contributed by atoms with E-state index >= 15 is 0 Å². The molecule has 0 atom stereocenters. The summed E-state index contributed by atoms with van der Waals surface area (Å²) >= 11 is 0. The van der Waals surface area contributed by atoms with Crippen LogP contribution in [0.1, 0.15) is 40.0 Å². The van der Waals surface area contributed by atoms with Gasteiger partial charge in [0, 0.05) is 13.2 Å². The lowest BCUT2D eigenvalue weighted by Crippen LogP contribution is -2.09. The van der Waals surface area contributed by atoms with Gasteiger partial charge in [-0.05, 0) is 20.3 Å². The lowest BCUT2D eigenvalue weighted by molar-refractivity contribution is 0.0222. The van der Waals surface area contributed by atoms with Crippen LogP contribution >= 0.6 is 0 Å². The molecule has 0 spiro atoms. The smallest absolute Gasteiger partial charge is 0.438 e. The minimum Gasteiger partial charge on any atom is -0.438 e. The van der Waals surface area contributed by atoms with E-state index in [1.807, 2.05) is 13.8 Å². The summed E-state index contributed by atoms with van der Waals surface area (Å²) in [6.45, 7) is 9.96. The fourth-order valence-corrected chi connectivity index (χ4v) is 1.22. The molecule has 0 aliphatic rings. The standard InChI is InChI=1S/C7H14O3.C6H14O4.C4H10O/c1-3-4-5-6-10-7(8)9-2;7-1-3-9-5-6-10-4-2-8;1-3-5-4-2/h3-6H2,1-2H3;7-8H,1-6H2;3-4H2,1-2H3. The molecule has 2 N–H and O–H groups in total. The lowest BCUT2D eigenvalue weighted by Gasteiger charge is -2.01. The van der Waals surface area contributed by atoms with E-state index in [0.29, 0.717) is 33.0 Å². The van der Waals surface area contributed by atoms with Crippen molar-refractivity contribution >= 4 is 6.16 Å². The van der Waals surface area contributed by atoms with Gasteiger partial charge < -0.3 is 33.9 Å². The number of carbonyl (C=O) groups excluding carboxylic acids is 1. The largest absolute Gasteiger partial charge is 0.507 e. The Balaban J connectivity index is -0.000000308. The normalized spacial score (nSPS) is 9.36. The van der Waals surface area contributed by atoms with Crippen LogP contribution < -0.4 is 0 Å². The summed E-state index contributed by atoms with van der Waals surface area (Å²) in [6, 6.07) is 0. The number of hydrogen-bond donors (Lipinski definition) is 2. The Labute approximate surface area is 152 Å². The highest BCUT2D eigenvalue weighted by Crippen LogP contribution is 1.94. The molecule has 0 unspecified atom stereocenters. The fourth-order valence-electron chi connectivity index (χ4n) is 1.22. The van der Waals surface area contributed by atoms with Gasteiger partial charge >= 0.3 is 6.16 Å². The van der Waals surface area contributed by atoms with Crippen LogP contribution in [-0.4, -0.2) is 82.9 Å². The molecule has 0 aromatic rings. The van der Waals surface area contributed by atoms with Crippen LogP contribution in [0.4, 0.5) is 4.79 Å². The molecule has 0 saturated heterocycles. The first-order valence-electron chi connectivity index (χ1n) is 8.80. The minimum atomic E-state index is -0.587. The van der Waals surface area contributed by atoms with E-state index in [9.17, 15) is 4.79 Å². The summed E-state index contributed by atoms with van der Waals surface area (Å²) in [7, 11) is 1.31. The quantitative estimate of drug-likeness (QED) is 0.375. The molecule has 0 amide bonds. The molecule has 154 valence electrons. The van der Waals surface area contributed by atoms with Gasteiger partial charge in [0.05, 0.1) is 53.4 Å². The molecule has 0 aliphatic heterocycles. The Bertz CT molecular complexity index is 217. The molecule has 0 heterocycles. The van der Waals surface area contributed by atoms with Crippen molar-refractivity contribution in [2.24, 2.45) is 0 Å². The van der Waals surface area contributed by atoms with Gasteiger partial charge in [-0.2, -0.15) is 0 Å². The van der Waals surface area contributed by atoms with Crippen LogP contribution in [-0.2, 0) is 23.7 Å². The molecule has 25 heavy (non-hydrogen) atoms. The maximum Gasteiger partial charge on any atom is 0.507 e. The van der Waals surface area contributed by atoms with E-state index < -0.39 is 6.16 Å². The van der Waals surface area contributed by atoms with Crippen LogP contribution in [0.2, 0.25) is 0 Å². The number of ether oxygens (including phenoxy) is 5. The summed E-state index contributed by atoms with van der Waals surface area (Å²) in [4.78, 5) is 10.3. The second-order valence-electron chi connectivity index (χ2n) is 4.46. The number of rotatable bonds is 13. The number of unbranched alkanes of at least 4 members (excludes halogenated alkanes) is 2. The third-order valence-corrected chi connectivity index (χ3v) is 2.39. The molecule has 0 fully saturated rings. The summed E-state index contributed by atoms with van der Waals surface area (Å²) < 4.78 is 23.5. The highest BCUT2D eigenvalue weighted by atomic mass is 16.7. The van der Waals surface area contributed by atoms with Gasteiger partial charge in [-0.15, -0.1) is 0 Å². The van der Waals surface area contributed by atoms with E-state index in [1.54, 1.807) is 0 Å². The second kappa shape index (κ2) is 30.9. The third kappa shape index (κ3) is 39.7. The molecule has 0 bridgehead atoms. The topological polar surface area (TPSA) is 104 Å². The predicted molar refractivity (Wildman–Crippen MR) is 95.9 cm³/mol. The molecule has 0 aliphatic carbocycles. The monoisotopic (exact) mass is 370 g/mol.